The van der Waals surface area contributed by atoms with E-state index in [-0.39, 0.29) is 17.9 Å². The van der Waals surface area contributed by atoms with Crippen molar-refractivity contribution in [3.05, 3.63) is 29.4 Å². The summed E-state index contributed by atoms with van der Waals surface area (Å²) in [5.74, 6) is 1.55. The molecule has 10 heteroatoms. The number of nitrogens with one attached hydrogen (secondary N) is 2. The van der Waals surface area contributed by atoms with Crippen LogP contribution < -0.4 is 26.4 Å². The minimum Gasteiger partial charge on any atom is -0.495 e. The zero-order chi connectivity index (χ0) is 22.3. The van der Waals surface area contributed by atoms with Gasteiger partial charge in [-0.2, -0.15) is 4.98 Å². The molecule has 31 heavy (non-hydrogen) atoms. The van der Waals surface area contributed by atoms with Gasteiger partial charge in [-0.25, -0.2) is 4.98 Å². The number of nitrogens with zero attached hydrogens (tertiary/aromatic N) is 2. The van der Waals surface area contributed by atoms with Gasteiger partial charge >= 0.3 is 0 Å². The van der Waals surface area contributed by atoms with E-state index in [1.165, 1.54) is 6.20 Å². The average Bonchev–Trinajstić information content (AvgIpc) is 3.31. The Morgan fingerprint density at radius 3 is 2.71 bits per heavy atom. The molecule has 0 spiro atoms. The van der Waals surface area contributed by atoms with E-state index in [1.807, 2.05) is 0 Å². The molecule has 4 unspecified atom stereocenters. The maximum absolute atomic E-state index is 12.4. The molecule has 2 aliphatic rings. The number of benzene rings is 1. The first-order chi connectivity index (χ1) is 14.7. The Kier molecular flexibility index (Phi) is 5.88. The normalized spacial score (nSPS) is 24.8. The summed E-state index contributed by atoms with van der Waals surface area (Å²) in [6.07, 6.45) is 4.63. The first-order valence-corrected chi connectivity index (χ1v) is 13.2. The van der Waals surface area contributed by atoms with Crippen molar-refractivity contribution in [3.8, 4) is 5.75 Å². The van der Waals surface area contributed by atoms with Gasteiger partial charge < -0.3 is 25.7 Å². The maximum atomic E-state index is 12.4. The number of methoxy groups -OCH3 is 1. The zero-order valence-electron chi connectivity index (χ0n) is 17.8. The largest absolute Gasteiger partial charge is 0.495 e. The second-order valence-electron chi connectivity index (χ2n) is 8.68. The number of hydrogen-bond acceptors (Lipinski definition) is 7. The lowest BCUT2D eigenvalue weighted by molar-refractivity contribution is -0.123. The highest BCUT2D eigenvalue weighted by Crippen LogP contribution is 2.49. The number of aromatic nitrogens is 2. The Morgan fingerprint density at radius 2 is 2.03 bits per heavy atom. The van der Waals surface area contributed by atoms with Crippen molar-refractivity contribution in [2.24, 2.45) is 23.5 Å². The number of anilines is 3. The molecule has 4 rings (SSSR count). The van der Waals surface area contributed by atoms with E-state index < -0.39 is 7.14 Å². The van der Waals surface area contributed by atoms with Gasteiger partial charge in [0.2, 0.25) is 11.9 Å². The summed E-state index contributed by atoms with van der Waals surface area (Å²) in [4.78, 5) is 20.8. The third kappa shape index (κ3) is 4.37. The molecule has 1 aromatic carbocycles. The van der Waals surface area contributed by atoms with Crippen LogP contribution in [-0.2, 0) is 9.36 Å². The van der Waals surface area contributed by atoms with E-state index in [2.05, 4.69) is 20.6 Å². The number of nitrogens with two attached hydrogens (primary N) is 1. The van der Waals surface area contributed by atoms with Crippen molar-refractivity contribution < 1.29 is 14.1 Å². The van der Waals surface area contributed by atoms with Crippen LogP contribution in [0, 0.1) is 17.8 Å². The molecule has 2 aromatic rings. The highest BCUT2D eigenvalue weighted by Gasteiger charge is 2.50. The van der Waals surface area contributed by atoms with Gasteiger partial charge in [0.05, 0.1) is 24.9 Å². The fraction of sp³-hybridized carbons (Fsp3) is 0.476. The number of fused-ring (bicyclic) bond motifs is 2. The van der Waals surface area contributed by atoms with Crippen LogP contribution in [0.2, 0.25) is 5.02 Å². The summed E-state index contributed by atoms with van der Waals surface area (Å²) < 4.78 is 17.8. The van der Waals surface area contributed by atoms with Crippen molar-refractivity contribution in [1.29, 1.82) is 0 Å². The number of hydrogen-bond donors (Lipinski definition) is 3. The second-order valence-corrected chi connectivity index (χ2v) is 12.3. The Labute approximate surface area is 186 Å². The molecule has 166 valence electrons. The fourth-order valence-electron chi connectivity index (χ4n) is 4.83. The summed E-state index contributed by atoms with van der Waals surface area (Å²) in [6, 6.07) is 5.27. The van der Waals surface area contributed by atoms with Gasteiger partial charge in [0.25, 0.3) is 0 Å². The number of rotatable bonds is 7. The first-order valence-electron chi connectivity index (χ1n) is 10.3. The van der Waals surface area contributed by atoms with Gasteiger partial charge in [0.1, 0.15) is 17.9 Å². The van der Waals surface area contributed by atoms with Gasteiger partial charge in [-0.05, 0) is 62.6 Å². The van der Waals surface area contributed by atoms with E-state index in [1.54, 1.807) is 38.6 Å². The highest BCUT2D eigenvalue weighted by atomic mass is 35.5. The average molecular weight is 464 g/mol. The standard InChI is InChI=1S/C21H27ClN5O3P/c1-30-16-9-13(31(2,3)29)6-7-15(16)25-21-24-10-14(22)20(27-21)26-18-12-5-4-11(8-12)17(18)19(23)28/h6-7,9-12,17-18H,4-5,8H2,1-3H3,(H2,23,28)(H2,24,25,26,27). The lowest BCUT2D eigenvalue weighted by Crippen LogP contribution is -2.42. The smallest absolute Gasteiger partial charge is 0.229 e. The maximum Gasteiger partial charge on any atom is 0.229 e. The van der Waals surface area contributed by atoms with E-state index in [0.717, 1.165) is 24.6 Å². The Hall–Kier alpha value is -2.31. The number of halogens is 1. The van der Waals surface area contributed by atoms with Crippen molar-refractivity contribution in [2.45, 2.75) is 25.3 Å². The summed E-state index contributed by atoms with van der Waals surface area (Å²) in [5, 5.41) is 7.60. The lowest BCUT2D eigenvalue weighted by Gasteiger charge is -2.30. The molecule has 2 bridgehead atoms. The van der Waals surface area contributed by atoms with Crippen molar-refractivity contribution in [1.82, 2.24) is 9.97 Å². The van der Waals surface area contributed by atoms with Crippen LogP contribution in [0.4, 0.5) is 17.5 Å². The monoisotopic (exact) mass is 463 g/mol. The quantitative estimate of drug-likeness (QED) is 0.538. The molecule has 1 aromatic heterocycles. The van der Waals surface area contributed by atoms with E-state index in [4.69, 9.17) is 22.1 Å². The Bertz CT molecular complexity index is 1060. The molecule has 4 N–H and O–H groups in total. The summed E-state index contributed by atoms with van der Waals surface area (Å²) in [6.45, 7) is 3.42. The SMILES string of the molecule is COc1cc(P(C)(C)=O)ccc1Nc1ncc(Cl)c(NC2C3CCC(C3)C2C(N)=O)n1. The number of carbonyl (C=O) groups is 1. The van der Waals surface area contributed by atoms with Gasteiger partial charge in [0, 0.05) is 11.3 Å². The van der Waals surface area contributed by atoms with Crippen molar-refractivity contribution in [2.75, 3.05) is 31.1 Å². The van der Waals surface area contributed by atoms with E-state index in [0.29, 0.717) is 40.1 Å². The second kappa shape index (κ2) is 8.32. The molecule has 1 amide bonds. The van der Waals surface area contributed by atoms with E-state index >= 15 is 0 Å². The Morgan fingerprint density at radius 1 is 1.29 bits per heavy atom. The summed E-state index contributed by atoms with van der Waals surface area (Å²) in [5.41, 5.74) is 6.32. The minimum absolute atomic E-state index is 0.0754. The number of carbonyl (C=O) groups excluding carboxylic acids is 1. The van der Waals surface area contributed by atoms with Crippen LogP contribution in [0.25, 0.3) is 0 Å². The molecule has 2 saturated carbocycles. The lowest BCUT2D eigenvalue weighted by atomic mass is 9.84. The fourth-order valence-corrected chi connectivity index (χ4v) is 5.84. The molecular weight excluding hydrogens is 437 g/mol. The minimum atomic E-state index is -2.42. The van der Waals surface area contributed by atoms with Gasteiger partial charge in [0.15, 0.2) is 5.82 Å². The van der Waals surface area contributed by atoms with Crippen LogP contribution in [0.5, 0.6) is 5.75 Å². The highest BCUT2D eigenvalue weighted by molar-refractivity contribution is 7.70. The number of primary amides is 1. The third-order valence-corrected chi connectivity index (χ3v) is 8.14. The first kappa shape index (κ1) is 21.9. The number of amides is 1. The zero-order valence-corrected chi connectivity index (χ0v) is 19.4. The van der Waals surface area contributed by atoms with Crippen LogP contribution in [0.3, 0.4) is 0 Å². The van der Waals surface area contributed by atoms with Gasteiger partial charge in [-0.3, -0.25) is 4.79 Å². The van der Waals surface area contributed by atoms with Crippen LogP contribution in [0.1, 0.15) is 19.3 Å². The van der Waals surface area contributed by atoms with Gasteiger partial charge in [-0.15, -0.1) is 0 Å². The van der Waals surface area contributed by atoms with E-state index in [9.17, 15) is 9.36 Å². The third-order valence-electron chi connectivity index (χ3n) is 6.35. The summed E-state index contributed by atoms with van der Waals surface area (Å²) in [7, 11) is -0.865. The van der Waals surface area contributed by atoms with Gasteiger partial charge in [-0.1, -0.05) is 11.6 Å². The van der Waals surface area contributed by atoms with Crippen LogP contribution in [0.15, 0.2) is 24.4 Å². The summed E-state index contributed by atoms with van der Waals surface area (Å²) >= 11 is 6.35. The predicted octanol–water partition coefficient (Wildman–Crippen LogP) is 3.44. The Balaban J connectivity index is 1.58. The van der Waals surface area contributed by atoms with Crippen molar-refractivity contribution >= 4 is 47.4 Å². The predicted molar refractivity (Wildman–Crippen MR) is 123 cm³/mol. The number of ether oxygens (including phenoxy) is 1. The molecule has 1 heterocycles. The molecule has 2 aliphatic carbocycles. The molecular formula is C21H27ClN5O3P. The van der Waals surface area contributed by atoms with Crippen LogP contribution in [-0.4, -0.2) is 42.4 Å². The molecule has 2 fully saturated rings. The molecule has 4 atom stereocenters. The van der Waals surface area contributed by atoms with Crippen molar-refractivity contribution in [3.63, 3.8) is 0 Å². The topological polar surface area (TPSA) is 119 Å². The molecule has 0 saturated heterocycles. The van der Waals surface area contributed by atoms with Crippen LogP contribution >= 0.6 is 18.7 Å². The molecule has 0 aliphatic heterocycles. The molecule has 8 nitrogen and oxygen atoms in total. The molecule has 0 radical (unpaired) electrons.